The minimum atomic E-state index is -3.99. The zero-order chi connectivity index (χ0) is 29.7. The topological polar surface area (TPSA) is 154 Å². The van der Waals surface area contributed by atoms with Crippen LogP contribution in [0.5, 0.6) is 11.5 Å². The number of likely N-dealkylation sites (tertiary alicyclic amines) is 1. The number of piperidine rings is 1. The van der Waals surface area contributed by atoms with Gasteiger partial charge < -0.3 is 25.4 Å². The van der Waals surface area contributed by atoms with Crippen molar-refractivity contribution >= 4 is 33.6 Å². The number of sulfonamides is 1. The molecule has 1 saturated heterocycles. The van der Waals surface area contributed by atoms with E-state index in [2.05, 4.69) is 15.4 Å². The second-order valence-electron chi connectivity index (χ2n) is 10.5. The summed E-state index contributed by atoms with van der Waals surface area (Å²) in [6.45, 7) is 1.29. The molecule has 2 aliphatic rings. The Morgan fingerprint density at radius 2 is 1.55 bits per heavy atom. The summed E-state index contributed by atoms with van der Waals surface area (Å²) in [6, 6.07) is 21.1. The van der Waals surface area contributed by atoms with E-state index in [1.165, 1.54) is 29.2 Å². The Morgan fingerprint density at radius 3 is 2.19 bits per heavy atom. The molecule has 2 fully saturated rings. The number of nitrogens with one attached hydrogen (secondary N) is 3. The Labute approximate surface area is 243 Å². The van der Waals surface area contributed by atoms with Crippen LogP contribution in [0.3, 0.4) is 0 Å². The Bertz CT molecular complexity index is 1550. The number of nitrogens with zero attached hydrogens (tertiary/aromatic N) is 1. The van der Waals surface area contributed by atoms with Crippen molar-refractivity contribution in [1.29, 1.82) is 0 Å². The Kier molecular flexibility index (Phi) is 8.34. The number of benzene rings is 3. The fourth-order valence-electron chi connectivity index (χ4n) is 4.80. The van der Waals surface area contributed by atoms with Crippen molar-refractivity contribution in [3.05, 3.63) is 84.4 Å². The number of para-hydroxylation sites is 3. The average Bonchev–Trinajstić information content (AvgIpc) is 3.78. The van der Waals surface area contributed by atoms with Crippen LogP contribution in [0.25, 0.3) is 0 Å². The van der Waals surface area contributed by atoms with Crippen LogP contribution < -0.4 is 20.1 Å². The van der Waals surface area contributed by atoms with Crippen molar-refractivity contribution in [1.82, 2.24) is 15.5 Å². The first-order valence-corrected chi connectivity index (χ1v) is 15.2. The van der Waals surface area contributed by atoms with Gasteiger partial charge in [0.05, 0.1) is 10.6 Å². The molecule has 1 saturated carbocycles. The fraction of sp³-hybridized carbons (Fsp3) is 0.300. The Morgan fingerprint density at radius 1 is 0.905 bits per heavy atom. The highest BCUT2D eigenvalue weighted by molar-refractivity contribution is 7.92. The lowest BCUT2D eigenvalue weighted by molar-refractivity contribution is -0.124. The van der Waals surface area contributed by atoms with Crippen LogP contribution in [-0.4, -0.2) is 61.5 Å². The van der Waals surface area contributed by atoms with Crippen molar-refractivity contribution in [2.24, 2.45) is 5.92 Å². The van der Waals surface area contributed by atoms with E-state index in [0.717, 1.165) is 0 Å². The maximum Gasteiger partial charge on any atom is 0.407 e. The largest absolute Gasteiger partial charge is 0.465 e. The van der Waals surface area contributed by atoms with Crippen LogP contribution in [0, 0.1) is 5.92 Å². The Hall–Kier alpha value is -4.58. The summed E-state index contributed by atoms with van der Waals surface area (Å²) in [5.41, 5.74) is -0.507. The third-order valence-electron chi connectivity index (χ3n) is 7.50. The number of carboxylic acid groups (broad SMARTS) is 1. The molecule has 3 aromatic rings. The maximum absolute atomic E-state index is 13.1. The van der Waals surface area contributed by atoms with Gasteiger partial charge >= 0.3 is 6.09 Å². The zero-order valence-electron chi connectivity index (χ0n) is 22.8. The maximum atomic E-state index is 13.1. The highest BCUT2D eigenvalue weighted by Gasteiger charge is 2.51. The number of ether oxygens (including phenoxy) is 1. The van der Waals surface area contributed by atoms with Gasteiger partial charge in [0.25, 0.3) is 15.9 Å². The van der Waals surface area contributed by atoms with Gasteiger partial charge in [0, 0.05) is 25.2 Å². The molecule has 4 N–H and O–H groups in total. The SMILES string of the molecule is O=C(NC1(C(=O)NCC2CCN(C(=O)O)CC2)CC1)c1ccc(S(=O)(=O)Nc2ccccc2Oc2ccccc2)cc1. The predicted molar refractivity (Wildman–Crippen MR) is 155 cm³/mol. The van der Waals surface area contributed by atoms with Crippen LogP contribution in [0.4, 0.5) is 10.5 Å². The molecular formula is C30H32N4O7S. The average molecular weight is 593 g/mol. The third-order valence-corrected chi connectivity index (χ3v) is 8.88. The fourth-order valence-corrected chi connectivity index (χ4v) is 5.87. The van der Waals surface area contributed by atoms with E-state index in [-0.39, 0.29) is 28.0 Å². The van der Waals surface area contributed by atoms with Gasteiger partial charge in [-0.15, -0.1) is 0 Å². The minimum absolute atomic E-state index is 0.0404. The second kappa shape index (κ2) is 12.1. The first kappa shape index (κ1) is 28.9. The first-order chi connectivity index (χ1) is 20.1. The van der Waals surface area contributed by atoms with Crippen molar-refractivity contribution in [2.75, 3.05) is 24.4 Å². The number of amides is 3. The molecule has 12 heteroatoms. The number of rotatable bonds is 10. The molecule has 11 nitrogen and oxygen atoms in total. The van der Waals surface area contributed by atoms with Gasteiger partial charge in [0.2, 0.25) is 5.91 Å². The summed E-state index contributed by atoms with van der Waals surface area (Å²) < 4.78 is 34.6. The zero-order valence-corrected chi connectivity index (χ0v) is 23.6. The van der Waals surface area contributed by atoms with Crippen molar-refractivity contribution < 1.29 is 32.6 Å². The van der Waals surface area contributed by atoms with E-state index < -0.39 is 27.6 Å². The molecule has 42 heavy (non-hydrogen) atoms. The molecule has 0 unspecified atom stereocenters. The van der Waals surface area contributed by atoms with Crippen molar-refractivity contribution in [3.8, 4) is 11.5 Å². The lowest BCUT2D eigenvalue weighted by Gasteiger charge is -2.30. The van der Waals surface area contributed by atoms with E-state index >= 15 is 0 Å². The van der Waals surface area contributed by atoms with Gasteiger partial charge in [-0.2, -0.15) is 0 Å². The van der Waals surface area contributed by atoms with E-state index in [0.29, 0.717) is 56.8 Å². The van der Waals surface area contributed by atoms with E-state index in [4.69, 9.17) is 9.84 Å². The minimum Gasteiger partial charge on any atom is -0.465 e. The summed E-state index contributed by atoms with van der Waals surface area (Å²) in [4.78, 5) is 38.2. The third kappa shape index (κ3) is 6.82. The smallest absolute Gasteiger partial charge is 0.407 e. The normalized spacial score (nSPS) is 16.2. The number of hydrogen-bond acceptors (Lipinski definition) is 6. The second-order valence-corrected chi connectivity index (χ2v) is 12.2. The standard InChI is InChI=1S/C30H32N4O7S/c35-27(32-30(16-17-30)28(36)31-20-21-14-18-34(19-15-21)29(37)38)22-10-12-24(13-11-22)42(39,40)33-25-8-4-5-9-26(25)41-23-6-2-1-3-7-23/h1-13,21,33H,14-20H2,(H,31,36)(H,32,35)(H,37,38). The molecular weight excluding hydrogens is 560 g/mol. The molecule has 0 spiro atoms. The highest BCUT2D eigenvalue weighted by atomic mass is 32.2. The number of anilines is 1. The molecule has 220 valence electrons. The molecule has 0 radical (unpaired) electrons. The van der Waals surface area contributed by atoms with Crippen molar-refractivity contribution in [3.63, 3.8) is 0 Å². The molecule has 5 rings (SSSR count). The molecule has 1 heterocycles. The van der Waals surface area contributed by atoms with Gasteiger partial charge in [-0.25, -0.2) is 13.2 Å². The van der Waals surface area contributed by atoms with Crippen LogP contribution >= 0.6 is 0 Å². The number of hydrogen-bond donors (Lipinski definition) is 4. The summed E-state index contributed by atoms with van der Waals surface area (Å²) in [6.07, 6.45) is 1.41. The van der Waals surface area contributed by atoms with Gasteiger partial charge in [-0.05, 0) is 80.1 Å². The van der Waals surface area contributed by atoms with Crippen LogP contribution in [-0.2, 0) is 14.8 Å². The molecule has 0 aromatic heterocycles. The first-order valence-electron chi connectivity index (χ1n) is 13.7. The van der Waals surface area contributed by atoms with E-state index in [1.807, 2.05) is 18.2 Å². The summed E-state index contributed by atoms with van der Waals surface area (Å²) >= 11 is 0. The molecule has 3 aromatic carbocycles. The molecule has 1 aliphatic heterocycles. The van der Waals surface area contributed by atoms with Crippen LogP contribution in [0.1, 0.15) is 36.0 Å². The monoisotopic (exact) mass is 592 g/mol. The molecule has 0 bridgehead atoms. The van der Waals surface area contributed by atoms with Crippen LogP contribution in [0.2, 0.25) is 0 Å². The highest BCUT2D eigenvalue weighted by Crippen LogP contribution is 2.36. The van der Waals surface area contributed by atoms with E-state index in [9.17, 15) is 22.8 Å². The van der Waals surface area contributed by atoms with Crippen molar-refractivity contribution in [2.45, 2.75) is 36.1 Å². The van der Waals surface area contributed by atoms with Gasteiger partial charge in [0.15, 0.2) is 5.75 Å². The Balaban J connectivity index is 1.17. The summed E-state index contributed by atoms with van der Waals surface area (Å²) in [5, 5.41) is 14.8. The van der Waals surface area contributed by atoms with Gasteiger partial charge in [0.1, 0.15) is 11.3 Å². The lowest BCUT2D eigenvalue weighted by atomic mass is 9.97. The molecule has 0 atom stereocenters. The van der Waals surface area contributed by atoms with Gasteiger partial charge in [-0.1, -0.05) is 30.3 Å². The molecule has 1 aliphatic carbocycles. The van der Waals surface area contributed by atoms with E-state index in [1.54, 1.807) is 36.4 Å². The number of carbonyl (C=O) groups excluding carboxylic acids is 2. The van der Waals surface area contributed by atoms with Crippen LogP contribution in [0.15, 0.2) is 83.8 Å². The lowest BCUT2D eigenvalue weighted by Crippen LogP contribution is -2.50. The quantitative estimate of drug-likeness (QED) is 0.277. The summed E-state index contributed by atoms with van der Waals surface area (Å²) in [7, 11) is -3.99. The molecule has 3 amide bonds. The van der Waals surface area contributed by atoms with Gasteiger partial charge in [-0.3, -0.25) is 14.3 Å². The summed E-state index contributed by atoms with van der Waals surface area (Å²) in [5.74, 6) is 0.327. The predicted octanol–water partition coefficient (Wildman–Crippen LogP) is 4.05. The number of carbonyl (C=O) groups is 3.